The van der Waals surface area contributed by atoms with Gasteiger partial charge in [0.05, 0.1) is 7.11 Å². The third-order valence-electron chi connectivity index (χ3n) is 5.02. The van der Waals surface area contributed by atoms with Crippen LogP contribution in [0, 0.1) is 0 Å². The quantitative estimate of drug-likeness (QED) is 0.683. The minimum absolute atomic E-state index is 0.175. The molecule has 30 heavy (non-hydrogen) atoms. The number of rotatable bonds is 5. The zero-order chi connectivity index (χ0) is 20.9. The maximum absolute atomic E-state index is 12.5. The molecule has 2 heterocycles. The third-order valence-corrected chi connectivity index (χ3v) is 5.02. The van der Waals surface area contributed by atoms with Gasteiger partial charge in [0.1, 0.15) is 5.75 Å². The van der Waals surface area contributed by atoms with Crippen molar-refractivity contribution in [3.63, 3.8) is 0 Å². The van der Waals surface area contributed by atoms with E-state index in [0.717, 1.165) is 22.4 Å². The van der Waals surface area contributed by atoms with E-state index in [9.17, 15) is 9.59 Å². The predicted molar refractivity (Wildman–Crippen MR) is 113 cm³/mol. The summed E-state index contributed by atoms with van der Waals surface area (Å²) in [6.45, 7) is 1.53. The minimum atomic E-state index is -0.178. The molecule has 0 unspecified atom stereocenters. The number of aromatic nitrogens is 1. The van der Waals surface area contributed by atoms with Crippen LogP contribution in [0.2, 0.25) is 0 Å². The van der Waals surface area contributed by atoms with Crippen LogP contribution in [0.25, 0.3) is 0 Å². The highest BCUT2D eigenvalue weighted by Gasteiger charge is 2.23. The van der Waals surface area contributed by atoms with Gasteiger partial charge in [0, 0.05) is 43.3 Å². The highest BCUT2D eigenvalue weighted by molar-refractivity contribution is 5.95. The van der Waals surface area contributed by atoms with E-state index in [1.165, 1.54) is 0 Å². The fourth-order valence-electron chi connectivity index (χ4n) is 3.30. The number of benzene rings is 2. The zero-order valence-corrected chi connectivity index (χ0v) is 16.6. The first-order valence-corrected chi connectivity index (χ1v) is 9.61. The van der Waals surface area contributed by atoms with Crippen LogP contribution in [-0.2, 0) is 19.6 Å². The average Bonchev–Trinajstić information content (AvgIpc) is 3.23. The molecule has 7 heteroatoms. The molecule has 0 fully saturated rings. The van der Waals surface area contributed by atoms with Crippen molar-refractivity contribution in [2.75, 3.05) is 12.4 Å². The van der Waals surface area contributed by atoms with Gasteiger partial charge < -0.3 is 20.3 Å². The first-order valence-electron chi connectivity index (χ1n) is 9.61. The van der Waals surface area contributed by atoms with E-state index in [0.29, 0.717) is 30.9 Å². The molecule has 2 aromatic carbocycles. The number of urea groups is 1. The number of anilines is 1. The number of hydrogen-bond donors (Lipinski definition) is 2. The molecule has 2 N–H and O–H groups in total. The fourth-order valence-corrected chi connectivity index (χ4v) is 3.30. The van der Waals surface area contributed by atoms with Crippen LogP contribution in [-0.4, -0.2) is 28.9 Å². The summed E-state index contributed by atoms with van der Waals surface area (Å²) in [5.41, 5.74) is 4.33. The number of hydrogen-bond acceptors (Lipinski definition) is 4. The highest BCUT2D eigenvalue weighted by atomic mass is 16.5. The number of ether oxygens (including phenoxy) is 1. The van der Waals surface area contributed by atoms with Crippen LogP contribution in [0.3, 0.4) is 0 Å². The summed E-state index contributed by atoms with van der Waals surface area (Å²) in [5.74, 6) is 0.600. The van der Waals surface area contributed by atoms with Crippen LogP contribution in [0.15, 0.2) is 67.0 Å². The van der Waals surface area contributed by atoms with Crippen molar-refractivity contribution in [3.8, 4) is 5.75 Å². The summed E-state index contributed by atoms with van der Waals surface area (Å²) in [6, 6.07) is 16.1. The Morgan fingerprint density at radius 3 is 2.43 bits per heavy atom. The van der Waals surface area contributed by atoms with E-state index in [2.05, 4.69) is 15.6 Å². The van der Waals surface area contributed by atoms with E-state index in [-0.39, 0.29) is 11.9 Å². The van der Waals surface area contributed by atoms with Crippen LogP contribution in [0.4, 0.5) is 10.5 Å². The molecule has 0 atom stereocenters. The van der Waals surface area contributed by atoms with E-state index >= 15 is 0 Å². The summed E-state index contributed by atoms with van der Waals surface area (Å²) in [5, 5.41) is 5.76. The Bertz CT molecular complexity index is 1020. The summed E-state index contributed by atoms with van der Waals surface area (Å²) < 4.78 is 5.13. The van der Waals surface area contributed by atoms with Crippen molar-refractivity contribution in [2.24, 2.45) is 0 Å². The molecule has 0 saturated heterocycles. The van der Waals surface area contributed by atoms with E-state index in [1.54, 1.807) is 48.7 Å². The molecular weight excluding hydrogens is 380 g/mol. The zero-order valence-electron chi connectivity index (χ0n) is 16.6. The molecular formula is C23H22N4O3. The Labute approximate surface area is 174 Å². The second-order valence-corrected chi connectivity index (χ2v) is 7.04. The number of methoxy groups -OCH3 is 1. The first-order chi connectivity index (χ1) is 14.6. The molecule has 0 spiro atoms. The number of pyridine rings is 1. The smallest absolute Gasteiger partial charge is 0.322 e. The summed E-state index contributed by atoms with van der Waals surface area (Å²) >= 11 is 0. The van der Waals surface area contributed by atoms with Gasteiger partial charge in [-0.1, -0.05) is 12.1 Å². The summed E-state index contributed by atoms with van der Waals surface area (Å²) in [7, 11) is 1.62. The van der Waals surface area contributed by atoms with Gasteiger partial charge in [0.25, 0.3) is 5.91 Å². The lowest BCUT2D eigenvalue weighted by Crippen LogP contribution is -2.30. The lowest BCUT2D eigenvalue weighted by molar-refractivity contribution is 0.0951. The number of fused-ring (bicyclic) bond motifs is 1. The second kappa shape index (κ2) is 8.65. The van der Waals surface area contributed by atoms with E-state index in [4.69, 9.17) is 4.74 Å². The molecule has 0 saturated carbocycles. The SMILES string of the molecule is COc1ccc(CNC(=O)c2ccc(NC(=O)N3Cc4ccncc4C3)cc2)cc1. The molecule has 7 nitrogen and oxygen atoms in total. The Balaban J connectivity index is 1.30. The monoisotopic (exact) mass is 402 g/mol. The third kappa shape index (κ3) is 4.41. The van der Waals surface area contributed by atoms with Crippen LogP contribution in [0.1, 0.15) is 27.0 Å². The molecule has 0 radical (unpaired) electrons. The van der Waals surface area contributed by atoms with Crippen LogP contribution in [0.5, 0.6) is 5.75 Å². The second-order valence-electron chi connectivity index (χ2n) is 7.04. The van der Waals surface area contributed by atoms with Gasteiger partial charge >= 0.3 is 6.03 Å². The molecule has 4 rings (SSSR count). The van der Waals surface area contributed by atoms with Crippen molar-refractivity contribution >= 4 is 17.6 Å². The molecule has 0 bridgehead atoms. The largest absolute Gasteiger partial charge is 0.497 e. The Kier molecular flexibility index (Phi) is 5.61. The Morgan fingerprint density at radius 2 is 1.73 bits per heavy atom. The molecule has 3 aromatic rings. The van der Waals surface area contributed by atoms with E-state index < -0.39 is 0 Å². The van der Waals surface area contributed by atoms with Crippen molar-refractivity contribution in [3.05, 3.63) is 89.2 Å². The Morgan fingerprint density at radius 1 is 1.00 bits per heavy atom. The van der Waals surface area contributed by atoms with Gasteiger partial charge in [0.15, 0.2) is 0 Å². The minimum Gasteiger partial charge on any atom is -0.497 e. The highest BCUT2D eigenvalue weighted by Crippen LogP contribution is 2.22. The fraction of sp³-hybridized carbons (Fsp3) is 0.174. The van der Waals surface area contributed by atoms with Gasteiger partial charge in [-0.3, -0.25) is 9.78 Å². The number of carbonyl (C=O) groups excluding carboxylic acids is 2. The van der Waals surface area contributed by atoms with Crippen molar-refractivity contribution < 1.29 is 14.3 Å². The first kappa shape index (κ1) is 19.4. The number of carbonyl (C=O) groups is 2. The van der Waals surface area contributed by atoms with Gasteiger partial charge in [-0.25, -0.2) is 4.79 Å². The Hall–Kier alpha value is -3.87. The van der Waals surface area contributed by atoms with Gasteiger partial charge in [-0.05, 0) is 59.2 Å². The molecule has 3 amide bonds. The molecule has 152 valence electrons. The standard InChI is InChI=1S/C23H22N4O3/c1-30-21-8-2-16(3-9-21)12-25-22(28)17-4-6-20(7-5-17)26-23(29)27-14-18-10-11-24-13-19(18)15-27/h2-11,13H,12,14-15H2,1H3,(H,25,28)(H,26,29). The molecule has 1 aliphatic rings. The summed E-state index contributed by atoms with van der Waals surface area (Å²) in [6.07, 6.45) is 3.53. The topological polar surface area (TPSA) is 83.6 Å². The van der Waals surface area contributed by atoms with Crippen LogP contribution >= 0.6 is 0 Å². The molecule has 0 aliphatic carbocycles. The van der Waals surface area contributed by atoms with E-state index in [1.807, 2.05) is 30.3 Å². The van der Waals surface area contributed by atoms with Crippen LogP contribution < -0.4 is 15.4 Å². The molecule has 1 aromatic heterocycles. The maximum atomic E-state index is 12.5. The lowest BCUT2D eigenvalue weighted by atomic mass is 10.1. The van der Waals surface area contributed by atoms with Gasteiger partial charge in [-0.2, -0.15) is 0 Å². The lowest BCUT2D eigenvalue weighted by Gasteiger charge is -2.16. The average molecular weight is 402 g/mol. The van der Waals surface area contributed by atoms with Gasteiger partial charge in [0.2, 0.25) is 0 Å². The predicted octanol–water partition coefficient (Wildman–Crippen LogP) is 3.57. The molecule has 1 aliphatic heterocycles. The van der Waals surface area contributed by atoms with Gasteiger partial charge in [-0.15, -0.1) is 0 Å². The van der Waals surface area contributed by atoms with Crippen molar-refractivity contribution in [2.45, 2.75) is 19.6 Å². The summed E-state index contributed by atoms with van der Waals surface area (Å²) in [4.78, 5) is 30.7. The number of amides is 3. The maximum Gasteiger partial charge on any atom is 0.322 e. The number of nitrogens with one attached hydrogen (secondary N) is 2. The van der Waals surface area contributed by atoms with Crippen molar-refractivity contribution in [1.82, 2.24) is 15.2 Å². The van der Waals surface area contributed by atoms with Crippen molar-refractivity contribution in [1.29, 1.82) is 0 Å². The normalized spacial score (nSPS) is 12.2. The number of nitrogens with zero attached hydrogens (tertiary/aromatic N) is 2.